The molecule has 0 amide bonds. The average Bonchev–Trinajstić information content (AvgIpc) is 2.58. The molecule has 0 N–H and O–H groups in total. The highest BCUT2D eigenvalue weighted by atomic mass is 16.1. The molecule has 0 spiro atoms. The molecule has 0 aliphatic heterocycles. The highest BCUT2D eigenvalue weighted by molar-refractivity contribution is 6.06. The standard InChI is InChI=1S/C24H32O/c1-6-20(23-19(3)11-10-16-24(23,4)5)17-18(2)14-15-22(25)21-12-8-7-9-13-21/h8,10-15,18-19,23H,1,7,9,16-17H2,2-5H3/b15-14-. The van der Waals surface area contributed by atoms with Crippen LogP contribution >= 0.6 is 0 Å². The van der Waals surface area contributed by atoms with E-state index < -0.39 is 0 Å². The average molecular weight is 337 g/mol. The minimum absolute atomic E-state index is 0.112. The number of rotatable bonds is 6. The van der Waals surface area contributed by atoms with Crippen molar-refractivity contribution in [2.24, 2.45) is 23.2 Å². The van der Waals surface area contributed by atoms with Crippen molar-refractivity contribution >= 4 is 5.78 Å². The Morgan fingerprint density at radius 3 is 2.76 bits per heavy atom. The molecule has 134 valence electrons. The molecule has 1 nitrogen and oxygen atoms in total. The van der Waals surface area contributed by atoms with E-state index in [0.717, 1.165) is 31.3 Å². The molecular formula is C24H32O. The van der Waals surface area contributed by atoms with Gasteiger partial charge < -0.3 is 0 Å². The van der Waals surface area contributed by atoms with E-state index in [0.29, 0.717) is 17.8 Å². The molecule has 0 heterocycles. The lowest BCUT2D eigenvalue weighted by molar-refractivity contribution is -0.111. The topological polar surface area (TPSA) is 17.1 Å². The summed E-state index contributed by atoms with van der Waals surface area (Å²) in [5.74, 6) is 1.38. The normalized spacial score (nSPS) is 26.2. The Kier molecular flexibility index (Phi) is 6.62. The molecule has 1 heteroatoms. The zero-order chi connectivity index (χ0) is 18.4. The van der Waals surface area contributed by atoms with Gasteiger partial charge in [-0.3, -0.25) is 4.79 Å². The first kappa shape index (κ1) is 19.5. The summed E-state index contributed by atoms with van der Waals surface area (Å²) in [4.78, 5) is 12.3. The fourth-order valence-electron chi connectivity index (χ4n) is 4.19. The summed E-state index contributed by atoms with van der Waals surface area (Å²) in [6.45, 7) is 13.1. The molecule has 0 aromatic carbocycles. The Hall–Kier alpha value is -1.85. The van der Waals surface area contributed by atoms with E-state index >= 15 is 0 Å². The fraction of sp³-hybridized carbons (Fsp3) is 0.500. The second-order valence-electron chi connectivity index (χ2n) is 8.20. The highest BCUT2D eigenvalue weighted by Gasteiger charge is 2.36. The van der Waals surface area contributed by atoms with Crippen molar-refractivity contribution in [2.45, 2.75) is 53.4 Å². The zero-order valence-electron chi connectivity index (χ0n) is 16.2. The smallest absolute Gasteiger partial charge is 0.185 e. The molecule has 0 fully saturated rings. The maximum Gasteiger partial charge on any atom is 0.185 e. The Morgan fingerprint density at radius 1 is 1.40 bits per heavy atom. The molecule has 0 radical (unpaired) electrons. The van der Waals surface area contributed by atoms with Crippen LogP contribution < -0.4 is 0 Å². The second-order valence-corrected chi connectivity index (χ2v) is 8.20. The molecule has 3 atom stereocenters. The Morgan fingerprint density at radius 2 is 2.16 bits per heavy atom. The van der Waals surface area contributed by atoms with Gasteiger partial charge in [-0.1, -0.05) is 70.7 Å². The van der Waals surface area contributed by atoms with Gasteiger partial charge in [0.15, 0.2) is 5.78 Å². The van der Waals surface area contributed by atoms with Crippen LogP contribution in [0.3, 0.4) is 0 Å². The Bertz CT molecular complexity index is 662. The lowest BCUT2D eigenvalue weighted by atomic mass is 9.63. The lowest BCUT2D eigenvalue weighted by Crippen LogP contribution is -2.32. The van der Waals surface area contributed by atoms with Crippen molar-refractivity contribution in [1.29, 1.82) is 0 Å². The van der Waals surface area contributed by atoms with Crippen LogP contribution in [-0.2, 0) is 4.79 Å². The van der Waals surface area contributed by atoms with Gasteiger partial charge >= 0.3 is 0 Å². The number of hydrogen-bond acceptors (Lipinski definition) is 1. The van der Waals surface area contributed by atoms with Crippen LogP contribution in [0.1, 0.15) is 53.4 Å². The van der Waals surface area contributed by atoms with Crippen LogP contribution in [0.5, 0.6) is 0 Å². The zero-order valence-corrected chi connectivity index (χ0v) is 16.2. The SMILES string of the molecule is C=C=C(CC(C)/C=C\C(=O)C1=CCCC=C1)C1C(C)C=CCC1(C)C. The van der Waals surface area contributed by atoms with E-state index in [1.807, 2.05) is 18.2 Å². The molecule has 0 aromatic rings. The first-order chi connectivity index (χ1) is 11.8. The summed E-state index contributed by atoms with van der Waals surface area (Å²) in [5, 5.41) is 0. The maximum absolute atomic E-state index is 12.3. The van der Waals surface area contributed by atoms with E-state index in [1.54, 1.807) is 6.08 Å². The quantitative estimate of drug-likeness (QED) is 0.313. The maximum atomic E-state index is 12.3. The summed E-state index contributed by atoms with van der Waals surface area (Å²) in [5.41, 5.74) is 5.57. The summed E-state index contributed by atoms with van der Waals surface area (Å²) in [6.07, 6.45) is 18.4. The molecule has 3 unspecified atom stereocenters. The first-order valence-electron chi connectivity index (χ1n) is 9.50. The van der Waals surface area contributed by atoms with Crippen molar-refractivity contribution in [2.75, 3.05) is 0 Å². The minimum Gasteiger partial charge on any atom is -0.289 e. The third-order valence-electron chi connectivity index (χ3n) is 5.45. The molecule has 0 saturated heterocycles. The van der Waals surface area contributed by atoms with Crippen molar-refractivity contribution in [3.05, 3.63) is 66.0 Å². The molecule has 2 aliphatic carbocycles. The van der Waals surface area contributed by atoms with Gasteiger partial charge in [0.1, 0.15) is 0 Å². The summed E-state index contributed by atoms with van der Waals surface area (Å²) in [7, 11) is 0. The molecule has 0 bridgehead atoms. The number of carbonyl (C=O) groups excluding carboxylic acids is 1. The highest BCUT2D eigenvalue weighted by Crippen LogP contribution is 2.45. The van der Waals surface area contributed by atoms with Gasteiger partial charge in [0, 0.05) is 5.57 Å². The molecule has 0 aromatic heterocycles. The van der Waals surface area contributed by atoms with E-state index in [1.165, 1.54) is 5.57 Å². The van der Waals surface area contributed by atoms with Crippen molar-refractivity contribution < 1.29 is 4.79 Å². The second kappa shape index (κ2) is 8.50. The van der Waals surface area contributed by atoms with Crippen LogP contribution in [0.25, 0.3) is 0 Å². The van der Waals surface area contributed by atoms with Crippen LogP contribution in [0, 0.1) is 23.2 Å². The van der Waals surface area contributed by atoms with Crippen LogP contribution in [0.2, 0.25) is 0 Å². The molecule has 25 heavy (non-hydrogen) atoms. The first-order valence-corrected chi connectivity index (χ1v) is 9.50. The molecule has 0 saturated carbocycles. The summed E-state index contributed by atoms with van der Waals surface area (Å²) in [6, 6.07) is 0. The Labute approximate surface area is 153 Å². The van der Waals surface area contributed by atoms with E-state index in [-0.39, 0.29) is 11.2 Å². The number of hydrogen-bond donors (Lipinski definition) is 0. The Balaban J connectivity index is 2.04. The van der Waals surface area contributed by atoms with Gasteiger partial charge in [-0.05, 0) is 60.5 Å². The van der Waals surface area contributed by atoms with Crippen LogP contribution in [-0.4, -0.2) is 5.78 Å². The predicted octanol–water partition coefficient (Wildman–Crippen LogP) is 6.36. The van der Waals surface area contributed by atoms with Gasteiger partial charge in [0.2, 0.25) is 0 Å². The van der Waals surface area contributed by atoms with Crippen molar-refractivity contribution in [3.63, 3.8) is 0 Å². The van der Waals surface area contributed by atoms with Crippen LogP contribution in [0.15, 0.2) is 66.0 Å². The molecule has 2 rings (SSSR count). The van der Waals surface area contributed by atoms with Crippen molar-refractivity contribution in [1.82, 2.24) is 0 Å². The van der Waals surface area contributed by atoms with Gasteiger partial charge in [0.25, 0.3) is 0 Å². The number of allylic oxidation sites excluding steroid dienone is 9. The van der Waals surface area contributed by atoms with Gasteiger partial charge in [-0.2, -0.15) is 0 Å². The van der Waals surface area contributed by atoms with Crippen molar-refractivity contribution in [3.8, 4) is 0 Å². The van der Waals surface area contributed by atoms with E-state index in [2.05, 4.69) is 58.2 Å². The minimum atomic E-state index is 0.112. The summed E-state index contributed by atoms with van der Waals surface area (Å²) < 4.78 is 0. The van der Waals surface area contributed by atoms with Gasteiger partial charge in [-0.25, -0.2) is 0 Å². The predicted molar refractivity (Wildman–Crippen MR) is 107 cm³/mol. The third-order valence-corrected chi connectivity index (χ3v) is 5.45. The van der Waals surface area contributed by atoms with Gasteiger partial charge in [0.05, 0.1) is 0 Å². The molecule has 2 aliphatic rings. The fourth-order valence-corrected chi connectivity index (χ4v) is 4.19. The number of carbonyl (C=O) groups is 1. The largest absolute Gasteiger partial charge is 0.289 e. The third kappa shape index (κ3) is 5.06. The van der Waals surface area contributed by atoms with Gasteiger partial charge in [-0.15, -0.1) is 5.73 Å². The number of ketones is 1. The van der Waals surface area contributed by atoms with Crippen LogP contribution in [0.4, 0.5) is 0 Å². The summed E-state index contributed by atoms with van der Waals surface area (Å²) >= 11 is 0. The van der Waals surface area contributed by atoms with E-state index in [9.17, 15) is 4.79 Å². The lowest BCUT2D eigenvalue weighted by Gasteiger charge is -2.41. The molecular weight excluding hydrogens is 304 g/mol. The monoisotopic (exact) mass is 336 g/mol. The van der Waals surface area contributed by atoms with E-state index in [4.69, 9.17) is 0 Å².